The molecule has 0 rings (SSSR count). The normalized spacial score (nSPS) is 11.9. The maximum atomic E-state index is 10.8. The minimum absolute atomic E-state index is 0. The molecule has 0 radical (unpaired) electrons. The van der Waals surface area contributed by atoms with Crippen molar-refractivity contribution in [3.05, 3.63) is 0 Å². The van der Waals surface area contributed by atoms with Crippen LogP contribution in [-0.4, -0.2) is 37.4 Å². The Morgan fingerprint density at radius 2 is 2.06 bits per heavy atom. The Hall–Kier alpha value is -0.320. The summed E-state index contributed by atoms with van der Waals surface area (Å²) in [6.45, 7) is 3.56. The molecule has 1 unspecified atom stereocenters. The molecule has 0 aliphatic rings. The van der Waals surface area contributed by atoms with E-state index in [4.69, 9.17) is 9.84 Å². The van der Waals surface area contributed by atoms with Crippen molar-refractivity contribution in [3.63, 3.8) is 0 Å². The van der Waals surface area contributed by atoms with E-state index in [2.05, 4.69) is 5.32 Å². The highest BCUT2D eigenvalue weighted by Crippen LogP contribution is 1.99. The van der Waals surface area contributed by atoms with Crippen LogP contribution in [0.1, 0.15) is 39.0 Å². The third-order valence-electron chi connectivity index (χ3n) is 2.29. The first-order chi connectivity index (χ1) is 7.22. The van der Waals surface area contributed by atoms with E-state index in [-0.39, 0.29) is 18.4 Å². The molecule has 2 N–H and O–H groups in total. The Bertz CT molecular complexity index is 167. The lowest BCUT2D eigenvalue weighted by Crippen LogP contribution is -2.37. The zero-order valence-electron chi connectivity index (χ0n) is 10.2. The van der Waals surface area contributed by atoms with Crippen molar-refractivity contribution in [2.24, 2.45) is 0 Å². The largest absolute Gasteiger partial charge is 0.480 e. The van der Waals surface area contributed by atoms with Crippen LogP contribution in [0.2, 0.25) is 0 Å². The van der Waals surface area contributed by atoms with Crippen LogP contribution >= 0.6 is 12.4 Å². The van der Waals surface area contributed by atoms with Crippen molar-refractivity contribution in [3.8, 4) is 0 Å². The van der Waals surface area contributed by atoms with Gasteiger partial charge in [0.15, 0.2) is 0 Å². The number of rotatable bonds is 10. The predicted octanol–water partition coefficient (Wildman–Crippen LogP) is 2.07. The summed E-state index contributed by atoms with van der Waals surface area (Å²) in [5.41, 5.74) is 0. The second-order valence-electron chi connectivity index (χ2n) is 3.69. The molecule has 5 heteroatoms. The average Bonchev–Trinajstić information content (AvgIpc) is 2.21. The number of ether oxygens (including phenoxy) is 1. The third-order valence-corrected chi connectivity index (χ3v) is 2.29. The van der Waals surface area contributed by atoms with Gasteiger partial charge in [-0.05, 0) is 32.2 Å². The Morgan fingerprint density at radius 1 is 1.38 bits per heavy atom. The Balaban J connectivity index is 0. The molecular weight excluding hydrogens is 230 g/mol. The lowest BCUT2D eigenvalue weighted by Gasteiger charge is -2.12. The van der Waals surface area contributed by atoms with Gasteiger partial charge in [0, 0.05) is 13.7 Å². The number of nitrogens with one attached hydrogen (secondary N) is 1. The van der Waals surface area contributed by atoms with E-state index in [0.29, 0.717) is 6.42 Å². The van der Waals surface area contributed by atoms with Crippen LogP contribution in [0.5, 0.6) is 0 Å². The highest BCUT2D eigenvalue weighted by molar-refractivity contribution is 5.85. The second-order valence-corrected chi connectivity index (χ2v) is 3.69. The van der Waals surface area contributed by atoms with Gasteiger partial charge in [-0.2, -0.15) is 0 Å². The summed E-state index contributed by atoms with van der Waals surface area (Å²) >= 11 is 0. The molecule has 0 fully saturated rings. The van der Waals surface area contributed by atoms with Crippen LogP contribution in [0.15, 0.2) is 0 Å². The van der Waals surface area contributed by atoms with E-state index in [0.717, 1.165) is 38.8 Å². The minimum Gasteiger partial charge on any atom is -0.480 e. The molecule has 16 heavy (non-hydrogen) atoms. The van der Waals surface area contributed by atoms with E-state index < -0.39 is 5.97 Å². The van der Waals surface area contributed by atoms with Crippen molar-refractivity contribution in [1.82, 2.24) is 5.32 Å². The van der Waals surface area contributed by atoms with Gasteiger partial charge < -0.3 is 15.2 Å². The first kappa shape index (κ1) is 18.1. The first-order valence-electron chi connectivity index (χ1n) is 5.67. The predicted molar refractivity (Wildman–Crippen MR) is 67.3 cm³/mol. The summed E-state index contributed by atoms with van der Waals surface area (Å²) in [6, 6.07) is -0.377. The maximum Gasteiger partial charge on any atom is 0.320 e. The summed E-state index contributed by atoms with van der Waals surface area (Å²) in [5.74, 6) is -0.742. The van der Waals surface area contributed by atoms with E-state index in [1.54, 1.807) is 7.11 Å². The number of hydrogen-bond acceptors (Lipinski definition) is 3. The molecular formula is C11H24ClNO3. The summed E-state index contributed by atoms with van der Waals surface area (Å²) in [6.07, 6.45) is 4.74. The van der Waals surface area contributed by atoms with Crippen LogP contribution in [0.25, 0.3) is 0 Å². The van der Waals surface area contributed by atoms with E-state index in [1.807, 2.05) is 6.92 Å². The minimum atomic E-state index is -0.742. The number of carboxylic acids is 1. The van der Waals surface area contributed by atoms with E-state index in [9.17, 15) is 4.79 Å². The molecule has 0 aromatic carbocycles. The molecule has 0 saturated carbocycles. The van der Waals surface area contributed by atoms with Crippen LogP contribution in [-0.2, 0) is 9.53 Å². The number of unbranched alkanes of at least 4 members (excludes halogenated alkanes) is 2. The molecule has 0 amide bonds. The number of hydrogen-bond donors (Lipinski definition) is 2. The SMILES string of the molecule is CCCC(NCCCCCOC)C(=O)O.Cl. The van der Waals surface area contributed by atoms with E-state index >= 15 is 0 Å². The summed E-state index contributed by atoms with van der Waals surface area (Å²) in [4.78, 5) is 10.8. The molecule has 0 spiro atoms. The van der Waals surface area contributed by atoms with Crippen LogP contribution in [0.3, 0.4) is 0 Å². The first-order valence-corrected chi connectivity index (χ1v) is 5.67. The van der Waals surface area contributed by atoms with Crippen molar-refractivity contribution in [2.75, 3.05) is 20.3 Å². The fraction of sp³-hybridized carbons (Fsp3) is 0.909. The molecule has 0 heterocycles. The number of carboxylic acid groups (broad SMARTS) is 1. The molecule has 0 bridgehead atoms. The van der Waals surface area contributed by atoms with Gasteiger partial charge in [0.25, 0.3) is 0 Å². The van der Waals surface area contributed by atoms with Gasteiger partial charge in [-0.3, -0.25) is 4.79 Å². The van der Waals surface area contributed by atoms with Crippen molar-refractivity contribution in [2.45, 2.75) is 45.1 Å². The summed E-state index contributed by atoms with van der Waals surface area (Å²) in [7, 11) is 1.69. The van der Waals surface area contributed by atoms with Gasteiger partial charge in [0.1, 0.15) is 6.04 Å². The average molecular weight is 254 g/mol. The number of aliphatic carboxylic acids is 1. The smallest absolute Gasteiger partial charge is 0.320 e. The molecule has 0 aliphatic heterocycles. The van der Waals surface area contributed by atoms with Gasteiger partial charge >= 0.3 is 5.97 Å². The monoisotopic (exact) mass is 253 g/mol. The van der Waals surface area contributed by atoms with Gasteiger partial charge in [0.2, 0.25) is 0 Å². The molecule has 0 saturated heterocycles. The third kappa shape index (κ3) is 10.2. The molecule has 4 nitrogen and oxygen atoms in total. The Morgan fingerprint density at radius 3 is 2.56 bits per heavy atom. The quantitative estimate of drug-likeness (QED) is 0.585. The molecule has 0 aromatic rings. The highest BCUT2D eigenvalue weighted by Gasteiger charge is 2.14. The van der Waals surface area contributed by atoms with Gasteiger partial charge in [0.05, 0.1) is 0 Å². The van der Waals surface area contributed by atoms with Crippen molar-refractivity contribution >= 4 is 18.4 Å². The summed E-state index contributed by atoms with van der Waals surface area (Å²) in [5, 5.41) is 11.9. The van der Waals surface area contributed by atoms with E-state index in [1.165, 1.54) is 0 Å². The fourth-order valence-corrected chi connectivity index (χ4v) is 1.43. The number of halogens is 1. The molecule has 0 aromatic heterocycles. The molecule has 1 atom stereocenters. The number of carbonyl (C=O) groups is 1. The van der Waals surface area contributed by atoms with Gasteiger partial charge in [-0.1, -0.05) is 13.3 Å². The lowest BCUT2D eigenvalue weighted by atomic mass is 10.1. The summed E-state index contributed by atoms with van der Waals surface area (Å²) < 4.78 is 4.93. The standard InChI is InChI=1S/C11H23NO3.ClH/c1-3-7-10(11(13)14)12-8-5-4-6-9-15-2;/h10,12H,3-9H2,1-2H3,(H,13,14);1H. The fourth-order valence-electron chi connectivity index (χ4n) is 1.43. The second kappa shape index (κ2) is 12.7. The maximum absolute atomic E-state index is 10.8. The van der Waals surface area contributed by atoms with Crippen LogP contribution in [0, 0.1) is 0 Å². The zero-order valence-corrected chi connectivity index (χ0v) is 11.0. The molecule has 0 aliphatic carbocycles. The van der Waals surface area contributed by atoms with Gasteiger partial charge in [-0.15, -0.1) is 12.4 Å². The number of methoxy groups -OCH3 is 1. The topological polar surface area (TPSA) is 58.6 Å². The van der Waals surface area contributed by atoms with Crippen LogP contribution < -0.4 is 5.32 Å². The van der Waals surface area contributed by atoms with Crippen LogP contribution in [0.4, 0.5) is 0 Å². The lowest BCUT2D eigenvalue weighted by molar-refractivity contribution is -0.139. The Kier molecular flexibility index (Phi) is 14.4. The highest BCUT2D eigenvalue weighted by atomic mass is 35.5. The molecule has 98 valence electrons. The Labute approximate surface area is 104 Å². The zero-order chi connectivity index (χ0) is 11.5. The van der Waals surface area contributed by atoms with Crippen molar-refractivity contribution < 1.29 is 14.6 Å². The van der Waals surface area contributed by atoms with Crippen molar-refractivity contribution in [1.29, 1.82) is 0 Å². The van der Waals surface area contributed by atoms with Gasteiger partial charge in [-0.25, -0.2) is 0 Å².